The van der Waals surface area contributed by atoms with E-state index in [1.807, 2.05) is 0 Å². The SMILES string of the molecule is CS(=O)(=O)c1ccc(C(=O)N2CCc3cc(=O)n(-c4ccc(F)cc4)cc3C2)cc1. The minimum atomic E-state index is -3.33. The van der Waals surface area contributed by atoms with Crippen LogP contribution in [0.4, 0.5) is 4.39 Å². The Kier molecular flexibility index (Phi) is 5.03. The Labute approximate surface area is 173 Å². The first-order chi connectivity index (χ1) is 14.2. The van der Waals surface area contributed by atoms with Crippen LogP contribution in [0, 0.1) is 5.82 Å². The van der Waals surface area contributed by atoms with Gasteiger partial charge in [-0.15, -0.1) is 0 Å². The summed E-state index contributed by atoms with van der Waals surface area (Å²) in [6.45, 7) is 0.781. The summed E-state index contributed by atoms with van der Waals surface area (Å²) in [6, 6.07) is 13.0. The van der Waals surface area contributed by atoms with Crippen molar-refractivity contribution in [1.29, 1.82) is 0 Å². The number of carbonyl (C=O) groups is 1. The second-order valence-electron chi connectivity index (χ2n) is 7.28. The fourth-order valence-electron chi connectivity index (χ4n) is 3.53. The number of aromatic nitrogens is 1. The highest BCUT2D eigenvalue weighted by Gasteiger charge is 2.23. The predicted octanol–water partition coefficient (Wildman–Crippen LogP) is 2.58. The number of nitrogens with zero attached hydrogens (tertiary/aromatic N) is 2. The normalized spacial score (nSPS) is 13.7. The summed E-state index contributed by atoms with van der Waals surface area (Å²) in [6.07, 6.45) is 3.35. The minimum Gasteiger partial charge on any atom is -0.334 e. The molecule has 1 aliphatic rings. The van der Waals surface area contributed by atoms with Crippen LogP contribution >= 0.6 is 0 Å². The zero-order chi connectivity index (χ0) is 21.5. The second-order valence-corrected chi connectivity index (χ2v) is 9.30. The maximum Gasteiger partial charge on any atom is 0.255 e. The van der Waals surface area contributed by atoms with Gasteiger partial charge in [-0.05, 0) is 66.1 Å². The van der Waals surface area contributed by atoms with Crippen LogP contribution in [0.3, 0.4) is 0 Å². The van der Waals surface area contributed by atoms with Crippen LogP contribution in [0.2, 0.25) is 0 Å². The van der Waals surface area contributed by atoms with Gasteiger partial charge in [0, 0.05) is 42.9 Å². The molecule has 0 N–H and O–H groups in total. The average molecular weight is 426 g/mol. The topological polar surface area (TPSA) is 76.5 Å². The fraction of sp³-hybridized carbons (Fsp3) is 0.182. The summed E-state index contributed by atoms with van der Waals surface area (Å²) in [5.74, 6) is -0.594. The Bertz CT molecular complexity index is 1280. The zero-order valence-electron chi connectivity index (χ0n) is 16.2. The largest absolute Gasteiger partial charge is 0.334 e. The molecule has 8 heteroatoms. The number of hydrogen-bond acceptors (Lipinski definition) is 4. The summed E-state index contributed by atoms with van der Waals surface area (Å²) in [7, 11) is -3.33. The highest BCUT2D eigenvalue weighted by Crippen LogP contribution is 2.21. The number of benzene rings is 2. The van der Waals surface area contributed by atoms with Crippen LogP contribution in [0.25, 0.3) is 5.69 Å². The molecule has 2 aromatic carbocycles. The Balaban J connectivity index is 1.61. The predicted molar refractivity (Wildman–Crippen MR) is 110 cm³/mol. The van der Waals surface area contributed by atoms with Crippen molar-refractivity contribution in [2.45, 2.75) is 17.9 Å². The Hall–Kier alpha value is -3.26. The number of amides is 1. The molecule has 0 atom stereocenters. The van der Waals surface area contributed by atoms with Gasteiger partial charge in [0.1, 0.15) is 5.82 Å². The lowest BCUT2D eigenvalue weighted by atomic mass is 10.0. The van der Waals surface area contributed by atoms with E-state index in [2.05, 4.69) is 0 Å². The van der Waals surface area contributed by atoms with E-state index in [9.17, 15) is 22.4 Å². The third-order valence-corrected chi connectivity index (χ3v) is 6.29. The molecule has 1 aliphatic heterocycles. The lowest BCUT2D eigenvalue weighted by Gasteiger charge is -2.29. The summed E-state index contributed by atoms with van der Waals surface area (Å²) >= 11 is 0. The molecule has 0 spiro atoms. The maximum atomic E-state index is 13.2. The van der Waals surface area contributed by atoms with E-state index in [-0.39, 0.29) is 22.2 Å². The quantitative estimate of drug-likeness (QED) is 0.645. The molecule has 4 rings (SSSR count). The van der Waals surface area contributed by atoms with E-state index < -0.39 is 9.84 Å². The number of sulfone groups is 1. The smallest absolute Gasteiger partial charge is 0.255 e. The van der Waals surface area contributed by atoms with Crippen molar-refractivity contribution >= 4 is 15.7 Å². The van der Waals surface area contributed by atoms with E-state index in [0.29, 0.717) is 30.8 Å². The summed E-state index contributed by atoms with van der Waals surface area (Å²) < 4.78 is 37.8. The van der Waals surface area contributed by atoms with Crippen molar-refractivity contribution < 1.29 is 17.6 Å². The molecule has 154 valence electrons. The van der Waals surface area contributed by atoms with Crippen LogP contribution in [0.15, 0.2) is 70.5 Å². The molecule has 0 unspecified atom stereocenters. The number of halogens is 1. The molecule has 0 fully saturated rings. The van der Waals surface area contributed by atoms with Gasteiger partial charge < -0.3 is 4.90 Å². The number of carbonyl (C=O) groups excluding carboxylic acids is 1. The standard InChI is InChI=1S/C22H19FN2O4S/c1-30(28,29)20-8-2-15(3-9-20)22(27)24-11-10-16-12-21(26)25(14-17(16)13-24)19-6-4-18(23)5-7-19/h2-9,12,14H,10-11,13H2,1H3. The molecular formula is C22H19FN2O4S. The van der Waals surface area contributed by atoms with Gasteiger partial charge in [0.15, 0.2) is 9.84 Å². The first-order valence-corrected chi connectivity index (χ1v) is 11.2. The molecule has 1 amide bonds. The first kappa shape index (κ1) is 20.0. The van der Waals surface area contributed by atoms with Crippen LogP contribution in [-0.4, -0.2) is 36.6 Å². The molecule has 0 radical (unpaired) electrons. The Morgan fingerprint density at radius 1 is 1.00 bits per heavy atom. The third kappa shape index (κ3) is 3.91. The van der Waals surface area contributed by atoms with Crippen LogP contribution in [0.5, 0.6) is 0 Å². The first-order valence-electron chi connectivity index (χ1n) is 9.32. The van der Waals surface area contributed by atoms with Crippen molar-refractivity contribution in [1.82, 2.24) is 9.47 Å². The Morgan fingerprint density at radius 2 is 1.67 bits per heavy atom. The summed E-state index contributed by atoms with van der Waals surface area (Å²) in [5, 5.41) is 0. The summed E-state index contributed by atoms with van der Waals surface area (Å²) in [5.41, 5.74) is 2.46. The number of pyridine rings is 1. The van der Waals surface area contributed by atoms with Crippen LogP contribution in [0.1, 0.15) is 21.5 Å². The molecule has 0 saturated heterocycles. The minimum absolute atomic E-state index is 0.159. The Morgan fingerprint density at radius 3 is 2.30 bits per heavy atom. The average Bonchev–Trinajstić information content (AvgIpc) is 2.72. The lowest BCUT2D eigenvalue weighted by Crippen LogP contribution is -2.37. The van der Waals surface area contributed by atoms with Crippen molar-refractivity contribution in [2.24, 2.45) is 0 Å². The summed E-state index contributed by atoms with van der Waals surface area (Å²) in [4.78, 5) is 27.2. The molecule has 0 aliphatic carbocycles. The van der Waals surface area contributed by atoms with Gasteiger partial charge in [-0.25, -0.2) is 12.8 Å². The monoisotopic (exact) mass is 426 g/mol. The van der Waals surface area contributed by atoms with Crippen molar-refractivity contribution in [2.75, 3.05) is 12.8 Å². The van der Waals surface area contributed by atoms with Gasteiger partial charge in [-0.3, -0.25) is 14.2 Å². The molecule has 1 aromatic heterocycles. The fourth-order valence-corrected chi connectivity index (χ4v) is 4.16. The number of fused-ring (bicyclic) bond motifs is 1. The molecule has 3 aromatic rings. The zero-order valence-corrected chi connectivity index (χ0v) is 17.0. The van der Waals surface area contributed by atoms with E-state index in [0.717, 1.165) is 17.4 Å². The highest BCUT2D eigenvalue weighted by atomic mass is 32.2. The molecule has 0 bridgehead atoms. The molecule has 0 saturated carbocycles. The van der Waals surface area contributed by atoms with Gasteiger partial charge in [0.2, 0.25) is 0 Å². The van der Waals surface area contributed by atoms with E-state index in [1.54, 1.807) is 17.2 Å². The van der Waals surface area contributed by atoms with Crippen LogP contribution < -0.4 is 5.56 Å². The van der Waals surface area contributed by atoms with E-state index in [4.69, 9.17) is 0 Å². The van der Waals surface area contributed by atoms with Gasteiger partial charge in [0.05, 0.1) is 4.90 Å². The molecular weight excluding hydrogens is 407 g/mol. The maximum absolute atomic E-state index is 13.2. The number of rotatable bonds is 3. The highest BCUT2D eigenvalue weighted by molar-refractivity contribution is 7.90. The second kappa shape index (κ2) is 7.53. The van der Waals surface area contributed by atoms with Crippen molar-refractivity contribution in [3.05, 3.63) is 93.7 Å². The molecule has 2 heterocycles. The van der Waals surface area contributed by atoms with Crippen molar-refractivity contribution in [3.63, 3.8) is 0 Å². The lowest BCUT2D eigenvalue weighted by molar-refractivity contribution is 0.0734. The third-order valence-electron chi connectivity index (χ3n) is 5.17. The molecule has 30 heavy (non-hydrogen) atoms. The van der Waals surface area contributed by atoms with Crippen molar-refractivity contribution in [3.8, 4) is 5.69 Å². The number of hydrogen-bond donors (Lipinski definition) is 0. The van der Waals surface area contributed by atoms with Gasteiger partial charge in [-0.2, -0.15) is 0 Å². The van der Waals surface area contributed by atoms with Gasteiger partial charge >= 0.3 is 0 Å². The van der Waals surface area contributed by atoms with Gasteiger partial charge in [-0.1, -0.05) is 0 Å². The van der Waals surface area contributed by atoms with Gasteiger partial charge in [0.25, 0.3) is 11.5 Å². The van der Waals surface area contributed by atoms with E-state index >= 15 is 0 Å². The van der Waals surface area contributed by atoms with E-state index in [1.165, 1.54) is 53.1 Å². The molecule has 6 nitrogen and oxygen atoms in total. The van der Waals surface area contributed by atoms with Crippen LogP contribution in [-0.2, 0) is 22.8 Å².